The van der Waals surface area contributed by atoms with Crippen LogP contribution in [0.3, 0.4) is 0 Å². The van der Waals surface area contributed by atoms with Gasteiger partial charge in [0.25, 0.3) is 5.79 Å². The summed E-state index contributed by atoms with van der Waals surface area (Å²) in [6.07, 6.45) is 0.643. The van der Waals surface area contributed by atoms with Crippen LogP contribution in [0, 0.1) is 0 Å². The van der Waals surface area contributed by atoms with Crippen LogP contribution in [0.2, 0.25) is 0 Å². The van der Waals surface area contributed by atoms with E-state index < -0.39 is 5.79 Å². The lowest BCUT2D eigenvalue weighted by atomic mass is 10.0. The molecule has 2 aromatic rings. The molecule has 0 unspecified atom stereocenters. The predicted octanol–water partition coefficient (Wildman–Crippen LogP) is 4.06. The standard InChI is InChI=1S/C21H27NO3/c1-3-22(4-2)15-17-23-16-14-21(18-10-6-5-7-11-18)24-19-12-8-9-13-20(19)25-21/h5-13H,3-4,14-17H2,1-2H3. The van der Waals surface area contributed by atoms with Crippen LogP contribution >= 0.6 is 0 Å². The minimum absolute atomic E-state index is 0.587. The van der Waals surface area contributed by atoms with Crippen LogP contribution in [0.1, 0.15) is 25.8 Å². The Hall–Kier alpha value is -2.04. The van der Waals surface area contributed by atoms with Crippen molar-refractivity contribution in [1.82, 2.24) is 4.90 Å². The molecule has 0 aliphatic carbocycles. The van der Waals surface area contributed by atoms with Crippen LogP contribution in [0.4, 0.5) is 0 Å². The normalized spacial score (nSPS) is 14.8. The molecule has 0 amide bonds. The number of hydrogen-bond donors (Lipinski definition) is 0. The van der Waals surface area contributed by atoms with E-state index in [1.165, 1.54) is 0 Å². The number of benzene rings is 2. The van der Waals surface area contributed by atoms with Gasteiger partial charge in [0.2, 0.25) is 0 Å². The Kier molecular flexibility index (Phi) is 5.95. The van der Waals surface area contributed by atoms with Gasteiger partial charge < -0.3 is 19.1 Å². The molecule has 0 fully saturated rings. The van der Waals surface area contributed by atoms with Crippen LogP contribution < -0.4 is 9.47 Å². The summed E-state index contributed by atoms with van der Waals surface area (Å²) in [6.45, 7) is 8.71. The lowest BCUT2D eigenvalue weighted by molar-refractivity contribution is -0.107. The second-order valence-corrected chi connectivity index (χ2v) is 6.16. The first-order valence-corrected chi connectivity index (χ1v) is 9.10. The van der Waals surface area contributed by atoms with Crippen LogP contribution in [0.25, 0.3) is 0 Å². The van der Waals surface area contributed by atoms with Crippen molar-refractivity contribution < 1.29 is 14.2 Å². The summed E-state index contributed by atoms with van der Waals surface area (Å²) in [6, 6.07) is 17.9. The van der Waals surface area contributed by atoms with Gasteiger partial charge in [0.05, 0.1) is 19.6 Å². The van der Waals surface area contributed by atoms with Crippen molar-refractivity contribution in [3.63, 3.8) is 0 Å². The van der Waals surface area contributed by atoms with E-state index in [0.29, 0.717) is 13.0 Å². The van der Waals surface area contributed by atoms with Crippen LogP contribution in [-0.4, -0.2) is 37.7 Å². The van der Waals surface area contributed by atoms with Gasteiger partial charge in [0.1, 0.15) is 0 Å². The van der Waals surface area contributed by atoms with Gasteiger partial charge in [0.15, 0.2) is 11.5 Å². The number of hydrogen-bond acceptors (Lipinski definition) is 4. The highest BCUT2D eigenvalue weighted by molar-refractivity contribution is 5.44. The maximum Gasteiger partial charge on any atom is 0.280 e. The molecule has 0 atom stereocenters. The first-order valence-electron chi connectivity index (χ1n) is 9.10. The molecule has 134 valence electrons. The summed E-state index contributed by atoms with van der Waals surface area (Å²) in [5, 5.41) is 0. The zero-order chi connectivity index (χ0) is 17.5. The van der Waals surface area contributed by atoms with Crippen molar-refractivity contribution in [2.75, 3.05) is 32.8 Å². The zero-order valence-corrected chi connectivity index (χ0v) is 15.1. The van der Waals surface area contributed by atoms with Crippen molar-refractivity contribution >= 4 is 0 Å². The van der Waals surface area contributed by atoms with E-state index in [2.05, 4.69) is 18.7 Å². The maximum atomic E-state index is 6.24. The smallest absolute Gasteiger partial charge is 0.280 e. The van der Waals surface area contributed by atoms with Crippen LogP contribution in [-0.2, 0) is 10.5 Å². The largest absolute Gasteiger partial charge is 0.444 e. The van der Waals surface area contributed by atoms with E-state index in [0.717, 1.165) is 43.3 Å². The topological polar surface area (TPSA) is 30.9 Å². The molecule has 2 aromatic carbocycles. The molecule has 0 aromatic heterocycles. The minimum Gasteiger partial charge on any atom is -0.444 e. The summed E-state index contributed by atoms with van der Waals surface area (Å²) < 4.78 is 18.3. The Morgan fingerprint density at radius 3 is 2.04 bits per heavy atom. The fourth-order valence-electron chi connectivity index (χ4n) is 3.09. The SMILES string of the molecule is CCN(CC)CCOCCC1(c2ccccc2)Oc2ccccc2O1. The number of fused-ring (bicyclic) bond motifs is 1. The molecule has 25 heavy (non-hydrogen) atoms. The number of para-hydroxylation sites is 2. The summed E-state index contributed by atoms with van der Waals surface area (Å²) in [7, 11) is 0. The molecule has 4 nitrogen and oxygen atoms in total. The van der Waals surface area contributed by atoms with Gasteiger partial charge in [-0.2, -0.15) is 0 Å². The molecule has 0 bridgehead atoms. The molecule has 3 rings (SSSR count). The number of rotatable bonds is 9. The molecule has 0 N–H and O–H groups in total. The quantitative estimate of drug-likeness (QED) is 0.644. The Morgan fingerprint density at radius 2 is 1.44 bits per heavy atom. The monoisotopic (exact) mass is 341 g/mol. The van der Waals surface area contributed by atoms with E-state index in [1.54, 1.807) is 0 Å². The number of ether oxygens (including phenoxy) is 3. The molecule has 0 radical (unpaired) electrons. The lowest BCUT2D eigenvalue weighted by Crippen LogP contribution is -2.37. The molecule has 1 heterocycles. The minimum atomic E-state index is -0.805. The summed E-state index contributed by atoms with van der Waals surface area (Å²) in [4.78, 5) is 2.35. The highest BCUT2D eigenvalue weighted by Gasteiger charge is 2.43. The fraction of sp³-hybridized carbons (Fsp3) is 0.429. The number of likely N-dealkylation sites (N-methyl/N-ethyl adjacent to an activating group) is 1. The van der Waals surface area contributed by atoms with Gasteiger partial charge in [-0.1, -0.05) is 56.3 Å². The van der Waals surface area contributed by atoms with E-state index in [9.17, 15) is 0 Å². The maximum absolute atomic E-state index is 6.24. The van der Waals surface area contributed by atoms with E-state index in [-0.39, 0.29) is 0 Å². The molecule has 0 spiro atoms. The van der Waals surface area contributed by atoms with Gasteiger partial charge in [-0.05, 0) is 25.2 Å². The van der Waals surface area contributed by atoms with Crippen molar-refractivity contribution in [2.45, 2.75) is 26.1 Å². The van der Waals surface area contributed by atoms with Gasteiger partial charge >= 0.3 is 0 Å². The highest BCUT2D eigenvalue weighted by Crippen LogP contribution is 2.45. The third-order valence-electron chi connectivity index (χ3n) is 4.63. The number of nitrogens with zero attached hydrogens (tertiary/aromatic N) is 1. The average Bonchev–Trinajstić information content (AvgIpc) is 3.05. The van der Waals surface area contributed by atoms with Gasteiger partial charge in [-0.25, -0.2) is 0 Å². The fourth-order valence-corrected chi connectivity index (χ4v) is 3.09. The predicted molar refractivity (Wildman–Crippen MR) is 99.0 cm³/mol. The van der Waals surface area contributed by atoms with Gasteiger partial charge in [-0.15, -0.1) is 0 Å². The van der Waals surface area contributed by atoms with Crippen molar-refractivity contribution in [3.05, 3.63) is 60.2 Å². The first kappa shape index (κ1) is 17.8. The lowest BCUT2D eigenvalue weighted by Gasteiger charge is -2.28. The van der Waals surface area contributed by atoms with Crippen molar-refractivity contribution in [3.8, 4) is 11.5 Å². The highest BCUT2D eigenvalue weighted by atomic mass is 16.7. The van der Waals surface area contributed by atoms with E-state index in [4.69, 9.17) is 14.2 Å². The summed E-state index contributed by atoms with van der Waals surface area (Å²) in [5.41, 5.74) is 1.01. The average molecular weight is 341 g/mol. The molecular formula is C21H27NO3. The Bertz CT molecular complexity index is 630. The third-order valence-corrected chi connectivity index (χ3v) is 4.63. The molecule has 0 saturated heterocycles. The first-order chi connectivity index (χ1) is 12.3. The van der Waals surface area contributed by atoms with Crippen molar-refractivity contribution in [1.29, 1.82) is 0 Å². The van der Waals surface area contributed by atoms with Crippen molar-refractivity contribution in [2.24, 2.45) is 0 Å². The Balaban J connectivity index is 1.64. The van der Waals surface area contributed by atoms with E-state index in [1.807, 2.05) is 54.6 Å². The molecule has 4 heteroatoms. The Labute approximate surface area is 150 Å². The third kappa shape index (κ3) is 4.14. The Morgan fingerprint density at radius 1 is 0.840 bits per heavy atom. The van der Waals surface area contributed by atoms with Crippen LogP contribution in [0.5, 0.6) is 11.5 Å². The zero-order valence-electron chi connectivity index (χ0n) is 15.1. The van der Waals surface area contributed by atoms with E-state index >= 15 is 0 Å². The second-order valence-electron chi connectivity index (χ2n) is 6.16. The summed E-state index contributed by atoms with van der Waals surface area (Å²) in [5.74, 6) is 0.768. The van der Waals surface area contributed by atoms with Gasteiger partial charge in [-0.3, -0.25) is 0 Å². The summed E-state index contributed by atoms with van der Waals surface area (Å²) >= 11 is 0. The molecule has 1 aliphatic rings. The molecular weight excluding hydrogens is 314 g/mol. The molecule has 1 aliphatic heterocycles. The van der Waals surface area contributed by atoms with Gasteiger partial charge in [0, 0.05) is 12.1 Å². The second kappa shape index (κ2) is 8.37. The molecule has 0 saturated carbocycles. The van der Waals surface area contributed by atoms with Crippen LogP contribution in [0.15, 0.2) is 54.6 Å².